The molecule has 3 aromatic rings. The Morgan fingerprint density at radius 1 is 1.13 bits per heavy atom. The minimum absolute atomic E-state index is 0.681. The van der Waals surface area contributed by atoms with Crippen molar-refractivity contribution < 1.29 is 0 Å². The van der Waals surface area contributed by atoms with Gasteiger partial charge in [-0.05, 0) is 26.2 Å². The van der Waals surface area contributed by atoms with E-state index >= 15 is 0 Å². The third-order valence-corrected chi connectivity index (χ3v) is 4.02. The number of aromatic nitrogens is 3. The van der Waals surface area contributed by atoms with Gasteiger partial charge in [0, 0.05) is 29.4 Å². The number of nitrogens with one attached hydrogen (secondary N) is 1. The molecule has 0 saturated heterocycles. The first-order valence-corrected chi connectivity index (χ1v) is 8.22. The van der Waals surface area contributed by atoms with E-state index in [2.05, 4.69) is 49.3 Å². The number of hydrogen-bond acceptors (Lipinski definition) is 3. The Morgan fingerprint density at radius 3 is 2.57 bits per heavy atom. The first-order chi connectivity index (χ1) is 11.1. The van der Waals surface area contributed by atoms with Crippen molar-refractivity contribution in [3.63, 3.8) is 0 Å². The number of aryl methyl sites for hydroxylation is 2. The largest absolute Gasteiger partial charge is 0.370 e. The highest BCUT2D eigenvalue weighted by atomic mass is 15.3. The van der Waals surface area contributed by atoms with Gasteiger partial charge in [0.25, 0.3) is 0 Å². The zero-order valence-corrected chi connectivity index (χ0v) is 14.3. The van der Waals surface area contributed by atoms with Gasteiger partial charge in [-0.25, -0.2) is 4.98 Å². The molecule has 2 aromatic heterocycles. The average molecular weight is 308 g/mol. The average Bonchev–Trinajstić information content (AvgIpc) is 2.85. The molecule has 0 aliphatic carbocycles. The standard InChI is InChI=1S/C19H24N4/c1-13(2)10-11-20-17-12-14(3)21-19-15(4)18(22-23(17)19)16-8-6-5-7-9-16/h5-9,12-13,20H,10-11H2,1-4H3. The van der Waals surface area contributed by atoms with Crippen LogP contribution in [0.2, 0.25) is 0 Å². The maximum absolute atomic E-state index is 4.81. The van der Waals surface area contributed by atoms with E-state index in [9.17, 15) is 0 Å². The Kier molecular flexibility index (Phi) is 4.33. The van der Waals surface area contributed by atoms with Crippen molar-refractivity contribution in [1.82, 2.24) is 14.6 Å². The smallest absolute Gasteiger partial charge is 0.161 e. The van der Waals surface area contributed by atoms with Crippen molar-refractivity contribution in [2.45, 2.75) is 34.1 Å². The fraction of sp³-hybridized carbons (Fsp3) is 0.368. The summed E-state index contributed by atoms with van der Waals surface area (Å²) in [5.41, 5.74) is 5.17. The normalized spacial score (nSPS) is 11.3. The zero-order chi connectivity index (χ0) is 16.4. The number of hydrogen-bond donors (Lipinski definition) is 1. The second-order valence-corrected chi connectivity index (χ2v) is 6.47. The molecule has 3 rings (SSSR count). The van der Waals surface area contributed by atoms with Gasteiger partial charge in [0.1, 0.15) is 5.82 Å². The maximum Gasteiger partial charge on any atom is 0.161 e. The molecule has 0 aliphatic rings. The van der Waals surface area contributed by atoms with Gasteiger partial charge in [-0.2, -0.15) is 9.61 Å². The molecular weight excluding hydrogens is 284 g/mol. The summed E-state index contributed by atoms with van der Waals surface area (Å²) < 4.78 is 1.94. The van der Waals surface area contributed by atoms with E-state index in [4.69, 9.17) is 5.10 Å². The molecule has 1 N–H and O–H groups in total. The summed E-state index contributed by atoms with van der Waals surface area (Å²) in [7, 11) is 0. The minimum atomic E-state index is 0.681. The fourth-order valence-corrected chi connectivity index (χ4v) is 2.73. The van der Waals surface area contributed by atoms with E-state index < -0.39 is 0 Å². The monoisotopic (exact) mass is 308 g/mol. The molecule has 0 saturated carbocycles. The Morgan fingerprint density at radius 2 is 1.87 bits per heavy atom. The lowest BCUT2D eigenvalue weighted by molar-refractivity contribution is 0.606. The van der Waals surface area contributed by atoms with E-state index in [1.807, 2.05) is 29.6 Å². The van der Waals surface area contributed by atoms with E-state index in [0.29, 0.717) is 5.92 Å². The number of benzene rings is 1. The van der Waals surface area contributed by atoms with E-state index in [1.165, 1.54) is 0 Å². The third-order valence-electron chi connectivity index (χ3n) is 4.02. The van der Waals surface area contributed by atoms with Crippen LogP contribution in [0.15, 0.2) is 36.4 Å². The summed E-state index contributed by atoms with van der Waals surface area (Å²) in [5, 5.41) is 8.33. The minimum Gasteiger partial charge on any atom is -0.370 e. The summed E-state index contributed by atoms with van der Waals surface area (Å²) in [6.07, 6.45) is 1.13. The van der Waals surface area contributed by atoms with Crippen LogP contribution in [0.1, 0.15) is 31.5 Å². The predicted molar refractivity (Wildman–Crippen MR) is 95.8 cm³/mol. The van der Waals surface area contributed by atoms with Gasteiger partial charge >= 0.3 is 0 Å². The van der Waals surface area contributed by atoms with Gasteiger partial charge in [0.05, 0.1) is 5.69 Å². The van der Waals surface area contributed by atoms with Crippen LogP contribution in [0.25, 0.3) is 16.9 Å². The first-order valence-electron chi connectivity index (χ1n) is 8.22. The van der Waals surface area contributed by atoms with Gasteiger partial charge in [0.2, 0.25) is 0 Å². The first kappa shape index (κ1) is 15.5. The van der Waals surface area contributed by atoms with Crippen LogP contribution in [-0.2, 0) is 0 Å². The molecule has 0 amide bonds. The predicted octanol–water partition coefficient (Wildman–Crippen LogP) is 4.47. The van der Waals surface area contributed by atoms with Crippen molar-refractivity contribution in [2.24, 2.45) is 5.92 Å². The summed E-state index contributed by atoms with van der Waals surface area (Å²) in [4.78, 5) is 4.69. The Hall–Kier alpha value is -2.36. The van der Waals surface area contributed by atoms with Crippen molar-refractivity contribution >= 4 is 11.5 Å². The Bertz CT molecular complexity index is 803. The topological polar surface area (TPSA) is 42.2 Å². The van der Waals surface area contributed by atoms with Crippen LogP contribution in [0.4, 0.5) is 5.82 Å². The molecule has 120 valence electrons. The van der Waals surface area contributed by atoms with Gasteiger partial charge in [-0.1, -0.05) is 44.2 Å². The molecule has 0 radical (unpaired) electrons. The summed E-state index contributed by atoms with van der Waals surface area (Å²) in [5.74, 6) is 1.69. The molecule has 1 aromatic carbocycles. The second kappa shape index (κ2) is 6.41. The van der Waals surface area contributed by atoms with Crippen LogP contribution in [0, 0.1) is 19.8 Å². The van der Waals surface area contributed by atoms with Crippen LogP contribution < -0.4 is 5.32 Å². The molecule has 0 spiro atoms. The molecule has 23 heavy (non-hydrogen) atoms. The highest BCUT2D eigenvalue weighted by Gasteiger charge is 2.14. The van der Waals surface area contributed by atoms with Gasteiger partial charge in [-0.3, -0.25) is 0 Å². The SMILES string of the molecule is Cc1cc(NCCC(C)C)n2nc(-c3ccccc3)c(C)c2n1. The van der Waals surface area contributed by atoms with Crippen LogP contribution >= 0.6 is 0 Å². The molecule has 2 heterocycles. The molecule has 4 heteroatoms. The Balaban J connectivity index is 2.04. The van der Waals surface area contributed by atoms with Crippen molar-refractivity contribution in [3.05, 3.63) is 47.7 Å². The molecule has 4 nitrogen and oxygen atoms in total. The van der Waals surface area contributed by atoms with Gasteiger partial charge < -0.3 is 5.32 Å². The third kappa shape index (κ3) is 3.21. The van der Waals surface area contributed by atoms with Crippen LogP contribution in [0.5, 0.6) is 0 Å². The number of nitrogens with zero attached hydrogens (tertiary/aromatic N) is 3. The van der Waals surface area contributed by atoms with Gasteiger partial charge in [-0.15, -0.1) is 0 Å². The molecule has 0 aliphatic heterocycles. The lowest BCUT2D eigenvalue weighted by atomic mass is 10.1. The Labute approximate surface area is 137 Å². The molecule has 0 fully saturated rings. The molecule has 0 bridgehead atoms. The lowest BCUT2D eigenvalue weighted by Gasteiger charge is -2.10. The highest BCUT2D eigenvalue weighted by molar-refractivity contribution is 5.71. The zero-order valence-electron chi connectivity index (χ0n) is 14.3. The second-order valence-electron chi connectivity index (χ2n) is 6.47. The van der Waals surface area contributed by atoms with E-state index in [0.717, 1.165) is 46.9 Å². The summed E-state index contributed by atoms with van der Waals surface area (Å²) >= 11 is 0. The van der Waals surface area contributed by atoms with Crippen molar-refractivity contribution in [3.8, 4) is 11.3 Å². The van der Waals surface area contributed by atoms with E-state index in [-0.39, 0.29) is 0 Å². The quantitative estimate of drug-likeness (QED) is 0.756. The summed E-state index contributed by atoms with van der Waals surface area (Å²) in [6.45, 7) is 9.54. The fourth-order valence-electron chi connectivity index (χ4n) is 2.73. The highest BCUT2D eigenvalue weighted by Crippen LogP contribution is 2.26. The maximum atomic E-state index is 4.81. The van der Waals surface area contributed by atoms with Crippen LogP contribution in [0.3, 0.4) is 0 Å². The van der Waals surface area contributed by atoms with Crippen molar-refractivity contribution in [1.29, 1.82) is 0 Å². The molecule has 0 atom stereocenters. The lowest BCUT2D eigenvalue weighted by Crippen LogP contribution is -2.10. The number of fused-ring (bicyclic) bond motifs is 1. The molecule has 0 unspecified atom stereocenters. The number of anilines is 1. The number of rotatable bonds is 5. The van der Waals surface area contributed by atoms with Crippen LogP contribution in [-0.4, -0.2) is 21.1 Å². The van der Waals surface area contributed by atoms with Gasteiger partial charge in [0.15, 0.2) is 5.65 Å². The van der Waals surface area contributed by atoms with E-state index in [1.54, 1.807) is 0 Å². The van der Waals surface area contributed by atoms with Crippen molar-refractivity contribution in [2.75, 3.05) is 11.9 Å². The molecular formula is C19H24N4. The summed E-state index contributed by atoms with van der Waals surface area (Å²) in [6, 6.07) is 12.4.